The van der Waals surface area contributed by atoms with Crippen molar-refractivity contribution in [3.05, 3.63) is 85.7 Å². The first-order valence-corrected chi connectivity index (χ1v) is 10.5. The maximum absolute atomic E-state index is 13.3. The van der Waals surface area contributed by atoms with E-state index in [1.807, 2.05) is 43.3 Å². The van der Waals surface area contributed by atoms with Gasteiger partial charge in [-0.15, -0.1) is 11.3 Å². The molecule has 2 heterocycles. The second-order valence-electron chi connectivity index (χ2n) is 6.59. The number of aryl methyl sites for hydroxylation is 1. The highest BCUT2D eigenvalue weighted by atomic mass is 79.9. The standard InChI is InChI=1S/C22H17BrN2O3S/c1-13-18(15-7-9-17(23)10-8-15)19-20(29-13)24-12-25(21(19)26)11-14-3-5-16(6-4-14)22(27)28-2/h3-10,12H,11H2,1-2H3. The molecule has 0 saturated carbocycles. The molecule has 5 nitrogen and oxygen atoms in total. The maximum Gasteiger partial charge on any atom is 0.337 e. The lowest BCUT2D eigenvalue weighted by Crippen LogP contribution is -2.21. The third-order valence-corrected chi connectivity index (χ3v) is 6.26. The molecule has 0 aliphatic carbocycles. The Bertz CT molecular complexity index is 1260. The van der Waals surface area contributed by atoms with E-state index in [2.05, 4.69) is 20.9 Å². The topological polar surface area (TPSA) is 61.2 Å². The summed E-state index contributed by atoms with van der Waals surface area (Å²) in [7, 11) is 1.35. The van der Waals surface area contributed by atoms with Crippen molar-refractivity contribution in [2.45, 2.75) is 13.5 Å². The number of nitrogens with zero attached hydrogens (tertiary/aromatic N) is 2. The molecule has 0 unspecified atom stereocenters. The van der Waals surface area contributed by atoms with Crippen molar-refractivity contribution < 1.29 is 9.53 Å². The zero-order chi connectivity index (χ0) is 20.5. The number of esters is 1. The third-order valence-electron chi connectivity index (χ3n) is 4.72. The normalized spacial score (nSPS) is 11.0. The smallest absolute Gasteiger partial charge is 0.337 e. The van der Waals surface area contributed by atoms with Gasteiger partial charge < -0.3 is 4.74 Å². The number of carbonyl (C=O) groups is 1. The second-order valence-corrected chi connectivity index (χ2v) is 8.71. The molecule has 2 aromatic carbocycles. The van der Waals surface area contributed by atoms with E-state index in [1.165, 1.54) is 18.4 Å². The van der Waals surface area contributed by atoms with Gasteiger partial charge in [0, 0.05) is 14.9 Å². The van der Waals surface area contributed by atoms with E-state index in [9.17, 15) is 9.59 Å². The number of thiophene rings is 1. The van der Waals surface area contributed by atoms with Crippen LogP contribution in [0.25, 0.3) is 21.3 Å². The fourth-order valence-electron chi connectivity index (χ4n) is 3.28. The molecule has 0 bridgehead atoms. The van der Waals surface area contributed by atoms with Gasteiger partial charge in [0.05, 0.1) is 30.9 Å². The number of rotatable bonds is 4. The van der Waals surface area contributed by atoms with E-state index in [4.69, 9.17) is 4.74 Å². The van der Waals surface area contributed by atoms with E-state index in [0.717, 1.165) is 30.9 Å². The molecule has 4 aromatic rings. The minimum absolute atomic E-state index is 0.0747. The molecular weight excluding hydrogens is 452 g/mol. The summed E-state index contributed by atoms with van der Waals surface area (Å²) >= 11 is 4.98. The lowest BCUT2D eigenvalue weighted by Gasteiger charge is -2.08. The number of hydrogen-bond acceptors (Lipinski definition) is 5. The van der Waals surface area contributed by atoms with Crippen molar-refractivity contribution in [1.29, 1.82) is 0 Å². The highest BCUT2D eigenvalue weighted by Crippen LogP contribution is 2.35. The fourth-order valence-corrected chi connectivity index (χ4v) is 4.54. The molecule has 0 amide bonds. The van der Waals surface area contributed by atoms with Crippen molar-refractivity contribution in [2.75, 3.05) is 7.11 Å². The van der Waals surface area contributed by atoms with E-state index in [-0.39, 0.29) is 11.5 Å². The summed E-state index contributed by atoms with van der Waals surface area (Å²) in [6.45, 7) is 2.39. The van der Waals surface area contributed by atoms with Crippen LogP contribution >= 0.6 is 27.3 Å². The molecule has 4 rings (SSSR count). The Hall–Kier alpha value is -2.77. The lowest BCUT2D eigenvalue weighted by molar-refractivity contribution is 0.0600. The molecule has 29 heavy (non-hydrogen) atoms. The summed E-state index contributed by atoms with van der Waals surface area (Å²) in [5.74, 6) is -0.385. The average molecular weight is 469 g/mol. The van der Waals surface area contributed by atoms with Crippen molar-refractivity contribution in [3.63, 3.8) is 0 Å². The van der Waals surface area contributed by atoms with Crippen LogP contribution in [0.5, 0.6) is 0 Å². The molecule has 0 fully saturated rings. The van der Waals surface area contributed by atoms with Gasteiger partial charge in [0.15, 0.2) is 0 Å². The van der Waals surface area contributed by atoms with Crippen LogP contribution in [-0.2, 0) is 11.3 Å². The molecule has 0 saturated heterocycles. The number of aromatic nitrogens is 2. The third kappa shape index (κ3) is 3.75. The molecule has 0 spiro atoms. The van der Waals surface area contributed by atoms with Gasteiger partial charge in [-0.1, -0.05) is 40.2 Å². The highest BCUT2D eigenvalue weighted by molar-refractivity contribution is 9.10. The van der Waals surface area contributed by atoms with Crippen LogP contribution in [0.2, 0.25) is 0 Å². The number of hydrogen-bond donors (Lipinski definition) is 0. The number of halogens is 1. The Morgan fingerprint density at radius 3 is 2.48 bits per heavy atom. The Morgan fingerprint density at radius 2 is 1.83 bits per heavy atom. The number of methoxy groups -OCH3 is 1. The first kappa shape index (κ1) is 19.5. The number of fused-ring (bicyclic) bond motifs is 1. The van der Waals surface area contributed by atoms with Crippen LogP contribution < -0.4 is 5.56 Å². The fraction of sp³-hybridized carbons (Fsp3) is 0.136. The minimum atomic E-state index is -0.385. The number of ether oxygens (including phenoxy) is 1. The monoisotopic (exact) mass is 468 g/mol. The molecule has 2 aromatic heterocycles. The summed E-state index contributed by atoms with van der Waals surface area (Å²) in [5, 5.41) is 0.642. The Balaban J connectivity index is 1.76. The van der Waals surface area contributed by atoms with Crippen LogP contribution in [0.15, 0.2) is 64.1 Å². The summed E-state index contributed by atoms with van der Waals surface area (Å²) in [5.41, 5.74) is 3.23. The molecule has 0 N–H and O–H groups in total. The predicted molar refractivity (Wildman–Crippen MR) is 119 cm³/mol. The van der Waals surface area contributed by atoms with Crippen LogP contribution in [0.1, 0.15) is 20.8 Å². The molecule has 0 radical (unpaired) electrons. The summed E-state index contributed by atoms with van der Waals surface area (Å²) in [6.07, 6.45) is 1.58. The van der Waals surface area contributed by atoms with Crippen molar-refractivity contribution in [3.8, 4) is 11.1 Å². The van der Waals surface area contributed by atoms with Crippen molar-refractivity contribution in [2.24, 2.45) is 0 Å². The molecule has 0 aliphatic heterocycles. The van der Waals surface area contributed by atoms with Crippen LogP contribution in [0.4, 0.5) is 0 Å². The molecule has 0 atom stereocenters. The van der Waals surface area contributed by atoms with Gasteiger partial charge in [0.1, 0.15) is 4.83 Å². The van der Waals surface area contributed by atoms with Gasteiger partial charge in [-0.2, -0.15) is 0 Å². The molecule has 146 valence electrons. The van der Waals surface area contributed by atoms with E-state index in [0.29, 0.717) is 17.5 Å². The van der Waals surface area contributed by atoms with Gasteiger partial charge in [0.2, 0.25) is 0 Å². The van der Waals surface area contributed by atoms with Crippen LogP contribution in [0.3, 0.4) is 0 Å². The first-order chi connectivity index (χ1) is 14.0. The SMILES string of the molecule is COC(=O)c1ccc(Cn2cnc3sc(C)c(-c4ccc(Br)cc4)c3c2=O)cc1. The Labute approximate surface area is 179 Å². The Kier molecular flexibility index (Phi) is 5.34. The first-order valence-electron chi connectivity index (χ1n) is 8.89. The summed E-state index contributed by atoms with van der Waals surface area (Å²) < 4.78 is 7.31. The molecule has 7 heteroatoms. The Morgan fingerprint density at radius 1 is 1.14 bits per heavy atom. The maximum atomic E-state index is 13.3. The van der Waals surface area contributed by atoms with E-state index in [1.54, 1.807) is 23.0 Å². The second kappa shape index (κ2) is 7.93. The van der Waals surface area contributed by atoms with Gasteiger partial charge in [-0.25, -0.2) is 9.78 Å². The van der Waals surface area contributed by atoms with Crippen molar-refractivity contribution >= 4 is 43.5 Å². The minimum Gasteiger partial charge on any atom is -0.465 e. The van der Waals surface area contributed by atoms with Crippen molar-refractivity contribution in [1.82, 2.24) is 9.55 Å². The van der Waals surface area contributed by atoms with Gasteiger partial charge in [-0.3, -0.25) is 9.36 Å². The lowest BCUT2D eigenvalue weighted by atomic mass is 10.0. The highest BCUT2D eigenvalue weighted by Gasteiger charge is 2.17. The summed E-state index contributed by atoms with van der Waals surface area (Å²) in [4.78, 5) is 31.2. The van der Waals surface area contributed by atoms with Gasteiger partial charge in [0.25, 0.3) is 5.56 Å². The predicted octanol–water partition coefficient (Wildman–Crippen LogP) is 5.03. The molecular formula is C22H17BrN2O3S. The van der Waals surface area contributed by atoms with Gasteiger partial charge >= 0.3 is 5.97 Å². The number of carbonyl (C=O) groups excluding carboxylic acids is 1. The molecule has 0 aliphatic rings. The van der Waals surface area contributed by atoms with E-state index < -0.39 is 0 Å². The zero-order valence-corrected chi connectivity index (χ0v) is 18.2. The van der Waals surface area contributed by atoms with Crippen LogP contribution in [-0.4, -0.2) is 22.6 Å². The number of benzene rings is 2. The van der Waals surface area contributed by atoms with Crippen LogP contribution in [0, 0.1) is 6.92 Å². The van der Waals surface area contributed by atoms with E-state index >= 15 is 0 Å². The summed E-state index contributed by atoms with van der Waals surface area (Å²) in [6, 6.07) is 15.0. The quantitative estimate of drug-likeness (QED) is 0.394. The zero-order valence-electron chi connectivity index (χ0n) is 15.8. The van der Waals surface area contributed by atoms with Gasteiger partial charge in [-0.05, 0) is 42.3 Å². The average Bonchev–Trinajstić information content (AvgIpc) is 3.07. The largest absolute Gasteiger partial charge is 0.465 e.